The molecule has 22 heavy (non-hydrogen) atoms. The lowest BCUT2D eigenvalue weighted by Crippen LogP contribution is -1.91. The second-order valence-corrected chi connectivity index (χ2v) is 6.30. The van der Waals surface area contributed by atoms with Gasteiger partial charge >= 0.3 is 0 Å². The molecule has 0 heteroatoms. The van der Waals surface area contributed by atoms with Crippen LogP contribution in [0.15, 0.2) is 60.7 Å². The molecular weight excluding hydrogens is 264 g/mol. The molecule has 5 rings (SSSR count). The summed E-state index contributed by atoms with van der Waals surface area (Å²) < 4.78 is 0. The first kappa shape index (κ1) is 12.0. The summed E-state index contributed by atoms with van der Waals surface area (Å²) in [5.41, 5.74) is 2.77. The van der Waals surface area contributed by atoms with E-state index in [0.717, 1.165) is 0 Å². The van der Waals surface area contributed by atoms with Gasteiger partial charge in [-0.2, -0.15) is 0 Å². The quantitative estimate of drug-likeness (QED) is 0.229. The van der Waals surface area contributed by atoms with Crippen molar-refractivity contribution in [2.45, 2.75) is 13.8 Å². The topological polar surface area (TPSA) is 0 Å². The number of hydrogen-bond acceptors (Lipinski definition) is 0. The molecule has 5 aromatic carbocycles. The molecule has 5 aromatic rings. The Balaban J connectivity index is 2.30. The molecule has 0 aliphatic rings. The van der Waals surface area contributed by atoms with Crippen LogP contribution in [0.25, 0.3) is 43.1 Å². The Morgan fingerprint density at radius 3 is 2.09 bits per heavy atom. The van der Waals surface area contributed by atoms with E-state index in [9.17, 15) is 0 Å². The Bertz CT molecular complexity index is 1180. The van der Waals surface area contributed by atoms with Crippen molar-refractivity contribution in [1.29, 1.82) is 0 Å². The van der Waals surface area contributed by atoms with Gasteiger partial charge in [0.25, 0.3) is 0 Å². The number of aryl methyl sites for hydroxylation is 2. The number of hydrogen-bond donors (Lipinski definition) is 0. The van der Waals surface area contributed by atoms with Gasteiger partial charge in [0.1, 0.15) is 0 Å². The summed E-state index contributed by atoms with van der Waals surface area (Å²) in [6, 6.07) is 22.4. The van der Waals surface area contributed by atoms with Gasteiger partial charge in [-0.05, 0) is 68.1 Å². The fourth-order valence-electron chi connectivity index (χ4n) is 3.97. The van der Waals surface area contributed by atoms with E-state index in [1.807, 2.05) is 0 Å². The molecule has 0 aromatic heterocycles. The van der Waals surface area contributed by atoms with E-state index in [2.05, 4.69) is 74.5 Å². The first-order chi connectivity index (χ1) is 10.8. The molecule has 104 valence electrons. The minimum Gasteiger partial charge on any atom is -0.0616 e. The highest BCUT2D eigenvalue weighted by atomic mass is 14.2. The van der Waals surface area contributed by atoms with Crippen LogP contribution in [-0.2, 0) is 0 Å². The molecule has 0 saturated heterocycles. The molecule has 0 fully saturated rings. The van der Waals surface area contributed by atoms with E-state index in [0.29, 0.717) is 0 Å². The fourth-order valence-corrected chi connectivity index (χ4v) is 3.97. The molecule has 0 aliphatic heterocycles. The summed E-state index contributed by atoms with van der Waals surface area (Å²) >= 11 is 0. The Kier molecular flexibility index (Phi) is 2.17. The van der Waals surface area contributed by atoms with Crippen LogP contribution in [0, 0.1) is 13.8 Å². The van der Waals surface area contributed by atoms with Crippen LogP contribution >= 0.6 is 0 Å². The van der Waals surface area contributed by atoms with Crippen LogP contribution in [0.4, 0.5) is 0 Å². The molecule has 0 atom stereocenters. The molecule has 0 aliphatic carbocycles. The molecule has 0 spiro atoms. The second kappa shape index (κ2) is 3.98. The zero-order valence-electron chi connectivity index (χ0n) is 12.8. The summed E-state index contributed by atoms with van der Waals surface area (Å²) in [6.07, 6.45) is 0. The molecule has 0 bridgehead atoms. The van der Waals surface area contributed by atoms with Gasteiger partial charge in [-0.25, -0.2) is 0 Å². The van der Waals surface area contributed by atoms with Crippen molar-refractivity contribution in [2.24, 2.45) is 0 Å². The van der Waals surface area contributed by atoms with Crippen LogP contribution in [0.2, 0.25) is 0 Å². The molecular formula is C22H16. The molecule has 0 radical (unpaired) electrons. The van der Waals surface area contributed by atoms with Gasteiger partial charge in [-0.3, -0.25) is 0 Å². The Morgan fingerprint density at radius 1 is 0.545 bits per heavy atom. The molecule has 0 saturated carbocycles. The van der Waals surface area contributed by atoms with Gasteiger partial charge in [0.05, 0.1) is 0 Å². The standard InChI is InChI=1S/C22H16/c1-13-12-20-18-8-4-3-7-17(18)19-9-5-6-15-10-11-16(14(13)2)22(20)21(15)19/h3-12H,1-2H3. The van der Waals surface area contributed by atoms with E-state index in [-0.39, 0.29) is 0 Å². The fraction of sp³-hybridized carbons (Fsp3) is 0.0909. The third kappa shape index (κ3) is 1.33. The number of rotatable bonds is 0. The highest BCUT2D eigenvalue weighted by Crippen LogP contribution is 2.42. The van der Waals surface area contributed by atoms with E-state index < -0.39 is 0 Å². The Labute approximate surface area is 129 Å². The zero-order valence-corrected chi connectivity index (χ0v) is 12.8. The summed E-state index contributed by atoms with van der Waals surface area (Å²) in [6.45, 7) is 4.46. The number of benzene rings is 5. The van der Waals surface area contributed by atoms with E-state index >= 15 is 0 Å². The average Bonchev–Trinajstić information content (AvgIpc) is 2.56. The van der Waals surface area contributed by atoms with Gasteiger partial charge in [0, 0.05) is 0 Å². The highest BCUT2D eigenvalue weighted by molar-refractivity contribution is 6.34. The number of fused-ring (bicyclic) bond motifs is 3. The van der Waals surface area contributed by atoms with Gasteiger partial charge in [0.2, 0.25) is 0 Å². The second-order valence-electron chi connectivity index (χ2n) is 6.30. The average molecular weight is 280 g/mol. The molecule has 0 unspecified atom stereocenters. The third-order valence-electron chi connectivity index (χ3n) is 5.18. The van der Waals surface area contributed by atoms with E-state index in [1.54, 1.807) is 0 Å². The van der Waals surface area contributed by atoms with Crippen LogP contribution in [0.1, 0.15) is 11.1 Å². The van der Waals surface area contributed by atoms with Crippen LogP contribution in [0.3, 0.4) is 0 Å². The maximum atomic E-state index is 2.37. The van der Waals surface area contributed by atoms with Crippen LogP contribution in [0.5, 0.6) is 0 Å². The lowest BCUT2D eigenvalue weighted by Gasteiger charge is -2.17. The summed E-state index contributed by atoms with van der Waals surface area (Å²) in [5, 5.41) is 11.0. The van der Waals surface area contributed by atoms with Gasteiger partial charge in [0.15, 0.2) is 0 Å². The minimum atomic E-state index is 1.34. The van der Waals surface area contributed by atoms with Crippen molar-refractivity contribution in [3.05, 3.63) is 71.8 Å². The zero-order chi connectivity index (χ0) is 14.8. The van der Waals surface area contributed by atoms with Crippen molar-refractivity contribution in [2.75, 3.05) is 0 Å². The lowest BCUT2D eigenvalue weighted by molar-refractivity contribution is 1.39. The summed E-state index contributed by atoms with van der Waals surface area (Å²) in [4.78, 5) is 0. The monoisotopic (exact) mass is 280 g/mol. The summed E-state index contributed by atoms with van der Waals surface area (Å²) in [7, 11) is 0. The molecule has 0 N–H and O–H groups in total. The third-order valence-corrected chi connectivity index (χ3v) is 5.18. The first-order valence-corrected chi connectivity index (χ1v) is 7.81. The van der Waals surface area contributed by atoms with Gasteiger partial charge in [-0.15, -0.1) is 0 Å². The van der Waals surface area contributed by atoms with E-state index in [1.165, 1.54) is 54.2 Å². The largest absolute Gasteiger partial charge is 0.0616 e. The van der Waals surface area contributed by atoms with Gasteiger partial charge in [-0.1, -0.05) is 60.7 Å². The predicted octanol–water partition coefficient (Wildman–Crippen LogP) is 6.35. The van der Waals surface area contributed by atoms with Crippen molar-refractivity contribution in [1.82, 2.24) is 0 Å². The maximum Gasteiger partial charge on any atom is -0.00175 e. The SMILES string of the molecule is Cc1cc2c3ccccc3c3cccc4ccc(c1C)c2c43. The Morgan fingerprint density at radius 2 is 1.27 bits per heavy atom. The van der Waals surface area contributed by atoms with Crippen LogP contribution < -0.4 is 0 Å². The van der Waals surface area contributed by atoms with Crippen molar-refractivity contribution in [3.63, 3.8) is 0 Å². The maximum absolute atomic E-state index is 2.37. The van der Waals surface area contributed by atoms with Crippen molar-refractivity contribution < 1.29 is 0 Å². The molecule has 0 nitrogen and oxygen atoms in total. The highest BCUT2D eigenvalue weighted by Gasteiger charge is 2.14. The normalized spacial score (nSPS) is 12.1. The van der Waals surface area contributed by atoms with Gasteiger partial charge < -0.3 is 0 Å². The smallest absolute Gasteiger partial charge is 0.00175 e. The first-order valence-electron chi connectivity index (χ1n) is 7.81. The molecule has 0 amide bonds. The van der Waals surface area contributed by atoms with Crippen molar-refractivity contribution in [3.8, 4) is 0 Å². The lowest BCUT2D eigenvalue weighted by atomic mass is 9.86. The minimum absolute atomic E-state index is 1.34. The molecule has 0 heterocycles. The summed E-state index contributed by atoms with van der Waals surface area (Å²) in [5.74, 6) is 0. The predicted molar refractivity (Wildman–Crippen MR) is 97.1 cm³/mol. The van der Waals surface area contributed by atoms with E-state index in [4.69, 9.17) is 0 Å². The Hall–Kier alpha value is -2.60. The van der Waals surface area contributed by atoms with Crippen molar-refractivity contribution >= 4 is 43.1 Å². The van der Waals surface area contributed by atoms with Crippen LogP contribution in [-0.4, -0.2) is 0 Å².